The molecule has 0 aromatic heterocycles. The third-order valence-electron chi connectivity index (χ3n) is 2.97. The molecule has 0 unspecified atom stereocenters. The Balaban J connectivity index is 2.93. The fourth-order valence-corrected chi connectivity index (χ4v) is 1.74. The van der Waals surface area contributed by atoms with Crippen LogP contribution in [0.3, 0.4) is 0 Å². The SMILES string of the molecule is CCC(=O)c1ccc(N(CC(=O)OC)CC(=O)OC)cc1. The molecule has 1 aromatic rings. The van der Waals surface area contributed by atoms with Crippen molar-refractivity contribution in [2.45, 2.75) is 13.3 Å². The molecule has 0 amide bonds. The summed E-state index contributed by atoms with van der Waals surface area (Å²) in [7, 11) is 2.56. The summed E-state index contributed by atoms with van der Waals surface area (Å²) in [6.07, 6.45) is 0.424. The molecule has 0 spiro atoms. The summed E-state index contributed by atoms with van der Waals surface area (Å²) in [5.74, 6) is -0.894. The van der Waals surface area contributed by atoms with Crippen molar-refractivity contribution in [3.63, 3.8) is 0 Å². The third kappa shape index (κ3) is 4.91. The minimum atomic E-state index is -0.465. The minimum absolute atomic E-state index is 0.0361. The maximum Gasteiger partial charge on any atom is 0.325 e. The number of hydrogen-bond acceptors (Lipinski definition) is 6. The molecule has 0 fully saturated rings. The highest BCUT2D eigenvalue weighted by molar-refractivity contribution is 5.96. The standard InChI is InChI=1S/C15H19NO5/c1-4-13(17)11-5-7-12(8-6-11)16(9-14(18)20-2)10-15(19)21-3/h5-8H,4,9-10H2,1-3H3. The van der Waals surface area contributed by atoms with Crippen molar-refractivity contribution in [1.29, 1.82) is 0 Å². The highest BCUT2D eigenvalue weighted by atomic mass is 16.5. The first-order chi connectivity index (χ1) is 10.0. The second-order valence-electron chi connectivity index (χ2n) is 4.33. The van der Waals surface area contributed by atoms with Crippen LogP contribution in [0.1, 0.15) is 23.7 Å². The number of Topliss-reactive ketones (excluding diaryl/α,β-unsaturated/α-hetero) is 1. The number of carbonyl (C=O) groups is 3. The Bertz CT molecular complexity index is 491. The summed E-state index contributed by atoms with van der Waals surface area (Å²) in [4.78, 5) is 35.9. The van der Waals surface area contributed by atoms with Gasteiger partial charge in [0.2, 0.25) is 0 Å². The van der Waals surface area contributed by atoms with Crippen LogP contribution < -0.4 is 4.90 Å². The Morgan fingerprint density at radius 1 is 0.952 bits per heavy atom. The first kappa shape index (κ1) is 16.7. The Labute approximate surface area is 123 Å². The van der Waals surface area contributed by atoms with Gasteiger partial charge in [-0.3, -0.25) is 14.4 Å². The van der Waals surface area contributed by atoms with Crippen molar-refractivity contribution >= 4 is 23.4 Å². The quantitative estimate of drug-likeness (QED) is 0.559. The number of benzene rings is 1. The molecule has 6 heteroatoms. The molecule has 0 aliphatic carbocycles. The highest BCUT2D eigenvalue weighted by Gasteiger charge is 2.16. The van der Waals surface area contributed by atoms with E-state index in [1.54, 1.807) is 31.2 Å². The van der Waals surface area contributed by atoms with Crippen molar-refractivity contribution < 1.29 is 23.9 Å². The Hall–Kier alpha value is -2.37. The summed E-state index contributed by atoms with van der Waals surface area (Å²) in [6, 6.07) is 6.72. The van der Waals surface area contributed by atoms with Crippen molar-refractivity contribution in [2.75, 3.05) is 32.2 Å². The third-order valence-corrected chi connectivity index (χ3v) is 2.97. The summed E-state index contributed by atoms with van der Waals surface area (Å²) in [6.45, 7) is 1.64. The van der Waals surface area contributed by atoms with E-state index in [1.807, 2.05) is 0 Å². The fourth-order valence-electron chi connectivity index (χ4n) is 1.74. The van der Waals surface area contributed by atoms with Crippen LogP contribution in [0.4, 0.5) is 5.69 Å². The second kappa shape index (κ2) is 8.04. The van der Waals surface area contributed by atoms with E-state index in [1.165, 1.54) is 19.1 Å². The second-order valence-corrected chi connectivity index (χ2v) is 4.33. The van der Waals surface area contributed by atoms with Gasteiger partial charge in [-0.1, -0.05) is 6.92 Å². The van der Waals surface area contributed by atoms with Gasteiger partial charge >= 0.3 is 11.9 Å². The predicted octanol–water partition coefficient (Wildman–Crippen LogP) is 1.43. The van der Waals surface area contributed by atoms with Gasteiger partial charge in [0.15, 0.2) is 5.78 Å². The van der Waals surface area contributed by atoms with Crippen LogP contribution in [-0.2, 0) is 19.1 Å². The average molecular weight is 293 g/mol. The molecule has 1 aromatic carbocycles. The number of ether oxygens (including phenoxy) is 2. The normalized spacial score (nSPS) is 9.86. The van der Waals surface area contributed by atoms with E-state index >= 15 is 0 Å². The summed E-state index contributed by atoms with van der Waals surface area (Å²) >= 11 is 0. The van der Waals surface area contributed by atoms with Gasteiger partial charge in [-0.25, -0.2) is 0 Å². The molecule has 0 N–H and O–H groups in total. The predicted molar refractivity (Wildman–Crippen MR) is 77.3 cm³/mol. The van der Waals surface area contributed by atoms with Crippen molar-refractivity contribution in [3.8, 4) is 0 Å². The van der Waals surface area contributed by atoms with Gasteiger partial charge in [0, 0.05) is 17.7 Å². The topological polar surface area (TPSA) is 72.9 Å². The van der Waals surface area contributed by atoms with E-state index in [0.29, 0.717) is 17.7 Å². The number of nitrogens with zero attached hydrogens (tertiary/aromatic N) is 1. The molecule has 0 saturated carbocycles. The molecule has 0 bridgehead atoms. The van der Waals surface area contributed by atoms with E-state index in [4.69, 9.17) is 0 Å². The van der Waals surface area contributed by atoms with Crippen molar-refractivity contribution in [1.82, 2.24) is 0 Å². The van der Waals surface area contributed by atoms with E-state index in [2.05, 4.69) is 9.47 Å². The lowest BCUT2D eigenvalue weighted by Gasteiger charge is -2.22. The molecule has 0 aliphatic rings. The number of rotatable bonds is 7. The lowest BCUT2D eigenvalue weighted by molar-refractivity contribution is -0.140. The molecule has 0 saturated heterocycles. The Kier molecular flexibility index (Phi) is 6.39. The summed E-state index contributed by atoms with van der Waals surface area (Å²) in [5.41, 5.74) is 1.23. The number of anilines is 1. The van der Waals surface area contributed by atoms with E-state index in [0.717, 1.165) is 0 Å². The molecular weight excluding hydrogens is 274 g/mol. The number of carbonyl (C=O) groups excluding carboxylic acids is 3. The van der Waals surface area contributed by atoms with Crippen LogP contribution in [0.2, 0.25) is 0 Å². The van der Waals surface area contributed by atoms with Gasteiger partial charge in [0.05, 0.1) is 14.2 Å². The fraction of sp³-hybridized carbons (Fsp3) is 0.400. The van der Waals surface area contributed by atoms with E-state index < -0.39 is 11.9 Å². The van der Waals surface area contributed by atoms with Gasteiger partial charge in [-0.15, -0.1) is 0 Å². The minimum Gasteiger partial charge on any atom is -0.468 e. The number of ketones is 1. The van der Waals surface area contributed by atoms with E-state index in [9.17, 15) is 14.4 Å². The van der Waals surface area contributed by atoms with E-state index in [-0.39, 0.29) is 18.9 Å². The van der Waals surface area contributed by atoms with Gasteiger partial charge in [0.25, 0.3) is 0 Å². The average Bonchev–Trinajstić information content (AvgIpc) is 2.53. The molecule has 6 nitrogen and oxygen atoms in total. The highest BCUT2D eigenvalue weighted by Crippen LogP contribution is 2.16. The van der Waals surface area contributed by atoms with Gasteiger partial charge in [-0.05, 0) is 24.3 Å². The van der Waals surface area contributed by atoms with Crippen LogP contribution in [0.15, 0.2) is 24.3 Å². The molecule has 114 valence electrons. The smallest absolute Gasteiger partial charge is 0.325 e. The number of esters is 2. The molecule has 21 heavy (non-hydrogen) atoms. The van der Waals surface area contributed by atoms with Crippen LogP contribution in [-0.4, -0.2) is 45.0 Å². The first-order valence-electron chi connectivity index (χ1n) is 6.53. The largest absolute Gasteiger partial charge is 0.468 e. The van der Waals surface area contributed by atoms with Gasteiger partial charge < -0.3 is 14.4 Å². The lowest BCUT2D eigenvalue weighted by Crippen LogP contribution is -2.35. The molecule has 0 radical (unpaired) electrons. The first-order valence-corrected chi connectivity index (χ1v) is 6.53. The number of hydrogen-bond donors (Lipinski definition) is 0. The zero-order valence-corrected chi connectivity index (χ0v) is 12.4. The number of methoxy groups -OCH3 is 2. The zero-order valence-electron chi connectivity index (χ0n) is 12.4. The Morgan fingerprint density at radius 3 is 1.81 bits per heavy atom. The molecule has 0 aliphatic heterocycles. The Morgan fingerprint density at radius 2 is 1.43 bits per heavy atom. The van der Waals surface area contributed by atoms with Gasteiger partial charge in [0.1, 0.15) is 13.1 Å². The molecule has 0 heterocycles. The maximum absolute atomic E-state index is 11.6. The monoisotopic (exact) mass is 293 g/mol. The van der Waals surface area contributed by atoms with Crippen molar-refractivity contribution in [2.24, 2.45) is 0 Å². The lowest BCUT2D eigenvalue weighted by atomic mass is 10.1. The summed E-state index contributed by atoms with van der Waals surface area (Å²) < 4.78 is 9.22. The maximum atomic E-state index is 11.6. The van der Waals surface area contributed by atoms with Gasteiger partial charge in [-0.2, -0.15) is 0 Å². The molecular formula is C15H19NO5. The van der Waals surface area contributed by atoms with Crippen LogP contribution in [0.25, 0.3) is 0 Å². The van der Waals surface area contributed by atoms with Crippen molar-refractivity contribution in [3.05, 3.63) is 29.8 Å². The van der Waals surface area contributed by atoms with Crippen LogP contribution in [0, 0.1) is 0 Å². The molecule has 0 atom stereocenters. The van der Waals surface area contributed by atoms with Crippen LogP contribution >= 0.6 is 0 Å². The van der Waals surface area contributed by atoms with Crippen LogP contribution in [0.5, 0.6) is 0 Å². The summed E-state index contributed by atoms with van der Waals surface area (Å²) in [5, 5.41) is 0. The molecule has 1 rings (SSSR count). The zero-order chi connectivity index (χ0) is 15.8.